The number of rotatable bonds is 7. The van der Waals surface area contributed by atoms with E-state index < -0.39 is 24.0 Å². The molecule has 0 aliphatic rings. The fourth-order valence-electron chi connectivity index (χ4n) is 2.00. The van der Waals surface area contributed by atoms with Crippen LogP contribution in [0.25, 0.3) is 0 Å². The molecule has 0 saturated carbocycles. The number of amides is 2. The molecule has 1 rings (SSSR count). The second-order valence-electron chi connectivity index (χ2n) is 5.62. The van der Waals surface area contributed by atoms with Gasteiger partial charge in [-0.1, -0.05) is 26.0 Å². The zero-order valence-electron chi connectivity index (χ0n) is 12.7. The molecule has 0 spiro atoms. The number of nitrogens with one attached hydrogen (secondary N) is 1. The van der Waals surface area contributed by atoms with Crippen LogP contribution in [0.3, 0.4) is 0 Å². The number of hydrogen-bond donors (Lipinski definition) is 3. The molecule has 2 amide bonds. The van der Waals surface area contributed by atoms with Crippen molar-refractivity contribution in [1.29, 1.82) is 5.26 Å². The summed E-state index contributed by atoms with van der Waals surface area (Å²) >= 11 is 0. The average molecular weight is 303 g/mol. The molecule has 0 aliphatic carbocycles. The number of hydrogen-bond acceptors (Lipinski definition) is 4. The van der Waals surface area contributed by atoms with Crippen LogP contribution in [-0.4, -0.2) is 29.1 Å². The largest absolute Gasteiger partial charge is 0.383 e. The number of carbonyl (C=O) groups excluding carboxylic acids is 2. The molecule has 1 aromatic carbocycles. The number of nitriles is 1. The van der Waals surface area contributed by atoms with Crippen molar-refractivity contribution in [2.75, 3.05) is 0 Å². The van der Waals surface area contributed by atoms with Crippen LogP contribution in [0, 0.1) is 17.2 Å². The minimum absolute atomic E-state index is 0.159. The van der Waals surface area contributed by atoms with Crippen LogP contribution >= 0.6 is 0 Å². The molecule has 0 bridgehead atoms. The molecule has 6 heteroatoms. The quantitative estimate of drug-likeness (QED) is 0.679. The molecule has 1 aromatic rings. The maximum atomic E-state index is 11.9. The lowest BCUT2D eigenvalue weighted by Gasteiger charge is -2.19. The molecular formula is C16H21N3O3. The van der Waals surface area contributed by atoms with E-state index in [2.05, 4.69) is 5.32 Å². The highest BCUT2D eigenvalue weighted by Crippen LogP contribution is 2.08. The number of benzene rings is 1. The second-order valence-corrected chi connectivity index (χ2v) is 5.62. The summed E-state index contributed by atoms with van der Waals surface area (Å²) in [5.41, 5.74) is 6.58. The van der Waals surface area contributed by atoms with Gasteiger partial charge in [0.15, 0.2) is 0 Å². The molecule has 0 saturated heterocycles. The predicted octanol–water partition coefficient (Wildman–Crippen LogP) is 0.478. The highest BCUT2D eigenvalue weighted by molar-refractivity contribution is 5.88. The fraction of sp³-hybridized carbons (Fsp3) is 0.438. The van der Waals surface area contributed by atoms with Gasteiger partial charge in [-0.25, -0.2) is 0 Å². The van der Waals surface area contributed by atoms with Gasteiger partial charge in [-0.15, -0.1) is 0 Å². The SMILES string of the molecule is CC(C)C[C@@H](O)C(=O)N[C@H](Cc1ccc(C#N)cc1)C(N)=O. The van der Waals surface area contributed by atoms with Gasteiger partial charge in [0.25, 0.3) is 0 Å². The summed E-state index contributed by atoms with van der Waals surface area (Å²) in [4.78, 5) is 23.4. The lowest BCUT2D eigenvalue weighted by Crippen LogP contribution is -2.49. The molecule has 2 atom stereocenters. The average Bonchev–Trinajstić information content (AvgIpc) is 2.46. The summed E-state index contributed by atoms with van der Waals surface area (Å²) in [6.45, 7) is 3.78. The molecule has 0 unspecified atom stereocenters. The van der Waals surface area contributed by atoms with Crippen LogP contribution in [0.1, 0.15) is 31.4 Å². The third-order valence-corrected chi connectivity index (χ3v) is 3.18. The van der Waals surface area contributed by atoms with E-state index in [4.69, 9.17) is 11.0 Å². The topological polar surface area (TPSA) is 116 Å². The van der Waals surface area contributed by atoms with Crippen molar-refractivity contribution in [3.05, 3.63) is 35.4 Å². The molecule has 0 heterocycles. The van der Waals surface area contributed by atoms with Crippen LogP contribution in [0.4, 0.5) is 0 Å². The van der Waals surface area contributed by atoms with Crippen LogP contribution < -0.4 is 11.1 Å². The summed E-state index contributed by atoms with van der Waals surface area (Å²) in [6.07, 6.45) is -0.641. The maximum absolute atomic E-state index is 11.9. The maximum Gasteiger partial charge on any atom is 0.249 e. The summed E-state index contributed by atoms with van der Waals surface area (Å²) in [5, 5.41) is 21.0. The fourth-order valence-corrected chi connectivity index (χ4v) is 2.00. The zero-order valence-corrected chi connectivity index (χ0v) is 12.7. The van der Waals surface area contributed by atoms with Gasteiger partial charge in [0, 0.05) is 6.42 Å². The Bertz CT molecular complexity index is 561. The lowest BCUT2D eigenvalue weighted by molar-refractivity contribution is -0.133. The lowest BCUT2D eigenvalue weighted by atomic mass is 10.0. The molecule has 4 N–H and O–H groups in total. The Morgan fingerprint density at radius 1 is 1.32 bits per heavy atom. The number of aliphatic hydroxyl groups excluding tert-OH is 1. The van der Waals surface area contributed by atoms with Crippen molar-refractivity contribution >= 4 is 11.8 Å². The first-order valence-corrected chi connectivity index (χ1v) is 7.10. The summed E-state index contributed by atoms with van der Waals surface area (Å²) in [7, 11) is 0. The van der Waals surface area contributed by atoms with E-state index in [1.165, 1.54) is 0 Å². The van der Waals surface area contributed by atoms with Crippen molar-refractivity contribution < 1.29 is 14.7 Å². The van der Waals surface area contributed by atoms with E-state index in [0.29, 0.717) is 12.0 Å². The van der Waals surface area contributed by atoms with Gasteiger partial charge in [-0.2, -0.15) is 5.26 Å². The molecule has 118 valence electrons. The van der Waals surface area contributed by atoms with Crippen LogP contribution in [0.2, 0.25) is 0 Å². The molecule has 0 fully saturated rings. The normalized spacial score (nSPS) is 13.2. The number of aliphatic hydroxyl groups is 1. The molecular weight excluding hydrogens is 282 g/mol. The zero-order chi connectivity index (χ0) is 16.7. The Morgan fingerprint density at radius 3 is 2.36 bits per heavy atom. The van der Waals surface area contributed by atoms with Crippen molar-refractivity contribution in [2.45, 2.75) is 38.8 Å². The van der Waals surface area contributed by atoms with Crippen molar-refractivity contribution in [2.24, 2.45) is 11.7 Å². The standard InChI is InChI=1S/C16H21N3O3/c1-10(2)7-14(20)16(22)19-13(15(18)21)8-11-3-5-12(9-17)6-4-11/h3-6,10,13-14,20H,7-8H2,1-2H3,(H2,18,21)(H,19,22)/t13-,14-/m1/s1. The van der Waals surface area contributed by atoms with Crippen molar-refractivity contribution in [1.82, 2.24) is 5.32 Å². The summed E-state index contributed by atoms with van der Waals surface area (Å²) < 4.78 is 0. The Labute approximate surface area is 129 Å². The van der Waals surface area contributed by atoms with Gasteiger partial charge in [-0.3, -0.25) is 9.59 Å². The Morgan fingerprint density at radius 2 is 1.91 bits per heavy atom. The first kappa shape index (κ1) is 17.7. The van der Waals surface area contributed by atoms with Crippen molar-refractivity contribution in [3.63, 3.8) is 0 Å². The van der Waals surface area contributed by atoms with Gasteiger partial charge < -0.3 is 16.2 Å². The first-order valence-electron chi connectivity index (χ1n) is 7.10. The van der Waals surface area contributed by atoms with E-state index in [1.54, 1.807) is 24.3 Å². The Hall–Kier alpha value is -2.39. The van der Waals surface area contributed by atoms with Gasteiger partial charge in [0.2, 0.25) is 11.8 Å². The first-order chi connectivity index (χ1) is 10.3. The summed E-state index contributed by atoms with van der Waals surface area (Å²) in [5.74, 6) is -1.12. The van der Waals surface area contributed by atoms with Crippen molar-refractivity contribution in [3.8, 4) is 6.07 Å². The smallest absolute Gasteiger partial charge is 0.249 e. The minimum atomic E-state index is -1.16. The van der Waals surface area contributed by atoms with Crippen LogP contribution in [0.5, 0.6) is 0 Å². The number of carbonyl (C=O) groups is 2. The number of nitrogens with zero attached hydrogens (tertiary/aromatic N) is 1. The van der Waals surface area contributed by atoms with Crippen LogP contribution in [0.15, 0.2) is 24.3 Å². The van der Waals surface area contributed by atoms with Gasteiger partial charge in [0.1, 0.15) is 12.1 Å². The molecule has 0 aromatic heterocycles. The monoisotopic (exact) mass is 303 g/mol. The molecule has 22 heavy (non-hydrogen) atoms. The van der Waals surface area contributed by atoms with Gasteiger partial charge in [-0.05, 0) is 30.0 Å². The van der Waals surface area contributed by atoms with E-state index in [0.717, 1.165) is 5.56 Å². The van der Waals surface area contributed by atoms with E-state index in [-0.39, 0.29) is 12.3 Å². The van der Waals surface area contributed by atoms with E-state index in [9.17, 15) is 14.7 Å². The van der Waals surface area contributed by atoms with E-state index in [1.807, 2.05) is 19.9 Å². The summed E-state index contributed by atoms with van der Waals surface area (Å²) in [6, 6.07) is 7.76. The van der Waals surface area contributed by atoms with Gasteiger partial charge in [0.05, 0.1) is 11.6 Å². The highest BCUT2D eigenvalue weighted by atomic mass is 16.3. The molecule has 0 aliphatic heterocycles. The minimum Gasteiger partial charge on any atom is -0.383 e. The Kier molecular flexibility index (Phi) is 6.54. The molecule has 6 nitrogen and oxygen atoms in total. The number of nitrogens with two attached hydrogens (primary N) is 1. The third-order valence-electron chi connectivity index (χ3n) is 3.18. The van der Waals surface area contributed by atoms with E-state index >= 15 is 0 Å². The number of primary amides is 1. The second kappa shape index (κ2) is 8.15. The van der Waals surface area contributed by atoms with Gasteiger partial charge >= 0.3 is 0 Å². The highest BCUT2D eigenvalue weighted by Gasteiger charge is 2.23. The predicted molar refractivity (Wildman–Crippen MR) is 81.4 cm³/mol. The van der Waals surface area contributed by atoms with Crippen LogP contribution in [-0.2, 0) is 16.0 Å². The Balaban J connectivity index is 2.71. The molecule has 0 radical (unpaired) electrons. The third kappa shape index (κ3) is 5.54.